The van der Waals surface area contributed by atoms with E-state index in [2.05, 4.69) is 16.9 Å². The summed E-state index contributed by atoms with van der Waals surface area (Å²) in [5.74, 6) is 0.168. The number of carbonyl (C=O) groups excluding carboxylic acids is 2. The van der Waals surface area contributed by atoms with E-state index in [-0.39, 0.29) is 17.2 Å². The van der Waals surface area contributed by atoms with E-state index < -0.39 is 11.5 Å². The summed E-state index contributed by atoms with van der Waals surface area (Å²) < 4.78 is 0. The number of hydrogen-bond acceptors (Lipinski definition) is 4. The van der Waals surface area contributed by atoms with E-state index in [1.165, 1.54) is 12.7 Å². The fraction of sp³-hybridized carbons (Fsp3) is 0.762. The lowest BCUT2D eigenvalue weighted by molar-refractivity contribution is -0.151. The Labute approximate surface area is 166 Å². The van der Waals surface area contributed by atoms with Gasteiger partial charge in [-0.1, -0.05) is 26.2 Å². The smallest absolute Gasteiger partial charge is 0.271 e. The van der Waals surface area contributed by atoms with Gasteiger partial charge < -0.3 is 19.9 Å². The van der Waals surface area contributed by atoms with E-state index in [4.69, 9.17) is 0 Å². The van der Waals surface area contributed by atoms with Crippen molar-refractivity contribution in [3.8, 4) is 0 Å². The van der Waals surface area contributed by atoms with Crippen molar-refractivity contribution >= 4 is 11.8 Å². The Kier molecular flexibility index (Phi) is 5.21. The largest absolute Gasteiger partial charge is 0.392 e. The Morgan fingerprint density at radius 1 is 1.11 bits per heavy atom. The molecule has 0 unspecified atom stereocenters. The van der Waals surface area contributed by atoms with Gasteiger partial charge in [0.2, 0.25) is 5.91 Å². The Hall–Kier alpha value is -1.89. The van der Waals surface area contributed by atoms with Crippen molar-refractivity contribution in [3.05, 3.63) is 18.2 Å². The molecular weight excluding hydrogens is 356 g/mol. The van der Waals surface area contributed by atoms with Crippen LogP contribution < -0.4 is 0 Å². The van der Waals surface area contributed by atoms with Crippen LogP contribution in [0, 0.1) is 10.8 Å². The molecule has 7 nitrogen and oxygen atoms in total. The molecule has 28 heavy (non-hydrogen) atoms. The standard InChI is InChI=1S/C21H32N4O3/c1-20(7-3-2-4-8-20)19(28)25-10-5-9-21(14-25)13-24(11-6-17(21)26)18(27)16-12-22-15-23-16/h12,15,17,26H,2-11,13-14H2,1H3,(H,22,23)/t17-,21-/m1/s1. The molecule has 3 fully saturated rings. The van der Waals surface area contributed by atoms with Crippen molar-refractivity contribution in [2.75, 3.05) is 26.2 Å². The highest BCUT2D eigenvalue weighted by atomic mass is 16.3. The van der Waals surface area contributed by atoms with Crippen LogP contribution in [0.4, 0.5) is 0 Å². The summed E-state index contributed by atoms with van der Waals surface area (Å²) in [7, 11) is 0. The number of nitrogens with zero attached hydrogens (tertiary/aromatic N) is 3. The number of amides is 2. The molecule has 2 saturated heterocycles. The highest BCUT2D eigenvalue weighted by Gasteiger charge is 2.49. The Balaban J connectivity index is 1.50. The maximum Gasteiger partial charge on any atom is 0.271 e. The first kappa shape index (κ1) is 19.4. The number of hydrogen-bond donors (Lipinski definition) is 2. The molecule has 3 aliphatic rings. The van der Waals surface area contributed by atoms with E-state index in [1.807, 2.05) is 9.80 Å². The third-order valence-corrected chi connectivity index (χ3v) is 7.27. The highest BCUT2D eigenvalue weighted by molar-refractivity contribution is 5.92. The number of piperidine rings is 2. The maximum atomic E-state index is 13.4. The number of nitrogens with one attached hydrogen (secondary N) is 1. The Bertz CT molecular complexity index is 713. The number of imidazole rings is 1. The van der Waals surface area contributed by atoms with E-state index in [0.717, 1.165) is 45.1 Å². The number of aromatic amines is 1. The van der Waals surface area contributed by atoms with Gasteiger partial charge in [0, 0.05) is 37.0 Å². The molecule has 0 bridgehead atoms. The third-order valence-electron chi connectivity index (χ3n) is 7.27. The lowest BCUT2D eigenvalue weighted by Gasteiger charge is -2.52. The Morgan fingerprint density at radius 2 is 1.86 bits per heavy atom. The van der Waals surface area contributed by atoms with E-state index >= 15 is 0 Å². The fourth-order valence-corrected chi connectivity index (χ4v) is 5.53. The number of aliphatic hydroxyl groups excluding tert-OH is 1. The van der Waals surface area contributed by atoms with Gasteiger partial charge in [-0.15, -0.1) is 0 Å². The molecule has 1 aliphatic carbocycles. The second-order valence-corrected chi connectivity index (χ2v) is 9.31. The number of rotatable bonds is 2. The number of likely N-dealkylation sites (tertiary alicyclic amines) is 2. The summed E-state index contributed by atoms with van der Waals surface area (Å²) in [5.41, 5.74) is -0.209. The van der Waals surface area contributed by atoms with Crippen LogP contribution in [-0.2, 0) is 4.79 Å². The quantitative estimate of drug-likeness (QED) is 0.813. The van der Waals surface area contributed by atoms with Crippen molar-refractivity contribution in [3.63, 3.8) is 0 Å². The van der Waals surface area contributed by atoms with Crippen LogP contribution in [0.25, 0.3) is 0 Å². The van der Waals surface area contributed by atoms with Gasteiger partial charge in [0.05, 0.1) is 18.6 Å². The normalized spacial score (nSPS) is 30.4. The van der Waals surface area contributed by atoms with Crippen LogP contribution in [0.1, 0.15) is 68.8 Å². The summed E-state index contributed by atoms with van der Waals surface area (Å²) >= 11 is 0. The summed E-state index contributed by atoms with van der Waals surface area (Å²) in [6.07, 6.45) is 10.2. The molecule has 1 aromatic heterocycles. The average molecular weight is 389 g/mol. The zero-order valence-electron chi connectivity index (χ0n) is 16.8. The predicted octanol–water partition coefficient (Wildman–Crippen LogP) is 2.20. The van der Waals surface area contributed by atoms with Gasteiger partial charge in [0.1, 0.15) is 5.69 Å². The van der Waals surface area contributed by atoms with Crippen molar-refractivity contribution in [1.82, 2.24) is 19.8 Å². The second-order valence-electron chi connectivity index (χ2n) is 9.31. The molecule has 7 heteroatoms. The molecule has 0 aromatic carbocycles. The zero-order valence-corrected chi connectivity index (χ0v) is 16.8. The molecule has 2 aliphatic heterocycles. The van der Waals surface area contributed by atoms with Gasteiger partial charge in [0.15, 0.2) is 0 Å². The number of aromatic nitrogens is 2. The third kappa shape index (κ3) is 3.45. The van der Waals surface area contributed by atoms with Crippen LogP contribution in [0.15, 0.2) is 12.5 Å². The first-order valence-corrected chi connectivity index (χ1v) is 10.7. The molecule has 154 valence electrons. The van der Waals surface area contributed by atoms with Crippen molar-refractivity contribution in [2.45, 2.75) is 64.4 Å². The Morgan fingerprint density at radius 3 is 2.57 bits per heavy atom. The molecule has 1 aromatic rings. The molecule has 1 spiro atoms. The highest BCUT2D eigenvalue weighted by Crippen LogP contribution is 2.43. The predicted molar refractivity (Wildman–Crippen MR) is 105 cm³/mol. The molecule has 2 atom stereocenters. The first-order valence-electron chi connectivity index (χ1n) is 10.7. The average Bonchev–Trinajstić information content (AvgIpc) is 3.25. The van der Waals surface area contributed by atoms with Gasteiger partial charge in [0.25, 0.3) is 5.91 Å². The first-order chi connectivity index (χ1) is 13.4. The molecule has 1 saturated carbocycles. The minimum atomic E-state index is -0.479. The van der Waals surface area contributed by atoms with Gasteiger partial charge in [-0.25, -0.2) is 4.98 Å². The van der Waals surface area contributed by atoms with Gasteiger partial charge in [-0.2, -0.15) is 0 Å². The molecular formula is C21H32N4O3. The van der Waals surface area contributed by atoms with Gasteiger partial charge >= 0.3 is 0 Å². The number of aliphatic hydroxyl groups is 1. The maximum absolute atomic E-state index is 13.4. The summed E-state index contributed by atoms with van der Waals surface area (Å²) in [6, 6.07) is 0. The lowest BCUT2D eigenvalue weighted by Crippen LogP contribution is -2.61. The summed E-state index contributed by atoms with van der Waals surface area (Å²) in [5, 5.41) is 10.9. The second kappa shape index (κ2) is 7.50. The lowest BCUT2D eigenvalue weighted by atomic mass is 9.70. The number of H-pyrrole nitrogens is 1. The number of carbonyl (C=O) groups is 2. The molecule has 2 amide bonds. The molecule has 4 rings (SSSR count). The summed E-state index contributed by atoms with van der Waals surface area (Å²) in [6.45, 7) is 4.45. The van der Waals surface area contributed by atoms with Crippen LogP contribution >= 0.6 is 0 Å². The molecule has 0 radical (unpaired) electrons. The van der Waals surface area contributed by atoms with Gasteiger partial charge in [-0.05, 0) is 32.1 Å². The minimum Gasteiger partial charge on any atom is -0.392 e. The molecule has 2 N–H and O–H groups in total. The van der Waals surface area contributed by atoms with E-state index in [9.17, 15) is 14.7 Å². The van der Waals surface area contributed by atoms with Crippen LogP contribution in [0.2, 0.25) is 0 Å². The van der Waals surface area contributed by atoms with Gasteiger partial charge in [-0.3, -0.25) is 9.59 Å². The van der Waals surface area contributed by atoms with E-state index in [0.29, 0.717) is 31.7 Å². The van der Waals surface area contributed by atoms with Crippen LogP contribution in [-0.4, -0.2) is 69.0 Å². The molecule has 3 heterocycles. The van der Waals surface area contributed by atoms with Crippen molar-refractivity contribution in [1.29, 1.82) is 0 Å². The summed E-state index contributed by atoms with van der Waals surface area (Å²) in [4.78, 5) is 36.8. The van der Waals surface area contributed by atoms with Crippen LogP contribution in [0.5, 0.6) is 0 Å². The monoisotopic (exact) mass is 388 g/mol. The SMILES string of the molecule is CC1(C(=O)N2CCC[C@@]3(CN(C(=O)c4cnc[nH]4)CC[C@H]3O)C2)CCCCC1. The topological polar surface area (TPSA) is 89.5 Å². The van der Waals surface area contributed by atoms with Crippen LogP contribution in [0.3, 0.4) is 0 Å². The minimum absolute atomic E-state index is 0.0773. The van der Waals surface area contributed by atoms with Crippen molar-refractivity contribution < 1.29 is 14.7 Å². The zero-order chi connectivity index (χ0) is 19.8. The van der Waals surface area contributed by atoms with Crippen molar-refractivity contribution in [2.24, 2.45) is 10.8 Å². The fourth-order valence-electron chi connectivity index (χ4n) is 5.53. The van der Waals surface area contributed by atoms with E-state index in [1.54, 1.807) is 6.20 Å².